The van der Waals surface area contributed by atoms with Gasteiger partial charge in [-0.05, 0) is 75.2 Å². The molecular weight excluding hydrogens is 378 g/mol. The summed E-state index contributed by atoms with van der Waals surface area (Å²) in [7, 11) is -3.61. The van der Waals surface area contributed by atoms with Gasteiger partial charge in [-0.2, -0.15) is 0 Å². The zero-order chi connectivity index (χ0) is 20.9. The molecule has 0 spiro atoms. The molecule has 0 aliphatic heterocycles. The van der Waals surface area contributed by atoms with Crippen LogP contribution < -0.4 is 15.4 Å². The fourth-order valence-corrected chi connectivity index (χ4v) is 3.70. The molecule has 7 nitrogen and oxygen atoms in total. The molecule has 2 amide bonds. The van der Waals surface area contributed by atoms with Crippen molar-refractivity contribution >= 4 is 27.5 Å². The first-order valence-corrected chi connectivity index (χ1v) is 10.3. The van der Waals surface area contributed by atoms with Crippen LogP contribution in [0.4, 0.5) is 5.69 Å². The number of anilines is 1. The smallest absolute Gasteiger partial charge is 0.251 e. The van der Waals surface area contributed by atoms with Crippen molar-refractivity contribution < 1.29 is 18.0 Å². The largest absolute Gasteiger partial charge is 0.343 e. The molecule has 0 saturated carbocycles. The van der Waals surface area contributed by atoms with E-state index in [2.05, 4.69) is 15.4 Å². The first kappa shape index (κ1) is 21.6. The van der Waals surface area contributed by atoms with E-state index in [-0.39, 0.29) is 29.0 Å². The van der Waals surface area contributed by atoms with E-state index in [4.69, 9.17) is 0 Å². The Morgan fingerprint density at radius 3 is 2.18 bits per heavy atom. The number of amides is 2. The van der Waals surface area contributed by atoms with E-state index in [0.717, 1.165) is 11.1 Å². The molecule has 2 rings (SSSR count). The van der Waals surface area contributed by atoms with Crippen LogP contribution in [-0.4, -0.2) is 32.8 Å². The fourth-order valence-electron chi connectivity index (χ4n) is 2.45. The number of hydrogen-bond donors (Lipinski definition) is 3. The Morgan fingerprint density at radius 1 is 0.964 bits per heavy atom. The number of hydrogen-bond acceptors (Lipinski definition) is 4. The van der Waals surface area contributed by atoms with Crippen molar-refractivity contribution in [2.45, 2.75) is 38.6 Å². The van der Waals surface area contributed by atoms with E-state index in [0.29, 0.717) is 5.69 Å². The Hall–Kier alpha value is -2.71. The van der Waals surface area contributed by atoms with E-state index >= 15 is 0 Å². The van der Waals surface area contributed by atoms with Crippen LogP contribution in [-0.2, 0) is 14.8 Å². The maximum absolute atomic E-state index is 12.2. The van der Waals surface area contributed by atoms with Crippen molar-refractivity contribution in [2.24, 2.45) is 0 Å². The topological polar surface area (TPSA) is 104 Å². The van der Waals surface area contributed by atoms with Crippen LogP contribution in [0.15, 0.2) is 47.4 Å². The lowest BCUT2D eigenvalue weighted by Crippen LogP contribution is -2.33. The molecule has 0 aromatic heterocycles. The predicted molar refractivity (Wildman–Crippen MR) is 109 cm³/mol. The summed E-state index contributed by atoms with van der Waals surface area (Å²) in [6, 6.07) is 10.9. The SMILES string of the molecule is Cc1ccc(NC(=O)CNC(=O)c2ccc(S(=O)(=O)NC(C)C)cc2)cc1C. The van der Waals surface area contributed by atoms with Crippen molar-refractivity contribution in [3.63, 3.8) is 0 Å². The standard InChI is InChI=1S/C20H25N3O4S/c1-13(2)23-28(26,27)18-9-6-16(7-10-18)20(25)21-12-19(24)22-17-8-5-14(3)15(4)11-17/h5-11,13,23H,12H2,1-4H3,(H,21,25)(H,22,24). The molecule has 0 radical (unpaired) electrons. The number of aryl methyl sites for hydroxylation is 2. The number of carbonyl (C=O) groups excluding carboxylic acids is 2. The number of sulfonamides is 1. The first-order chi connectivity index (χ1) is 13.1. The zero-order valence-electron chi connectivity index (χ0n) is 16.4. The minimum Gasteiger partial charge on any atom is -0.343 e. The van der Waals surface area contributed by atoms with E-state index in [1.54, 1.807) is 19.9 Å². The van der Waals surface area contributed by atoms with Gasteiger partial charge in [-0.3, -0.25) is 9.59 Å². The third kappa shape index (κ3) is 5.90. The van der Waals surface area contributed by atoms with Crippen molar-refractivity contribution in [2.75, 3.05) is 11.9 Å². The van der Waals surface area contributed by atoms with Crippen LogP contribution in [0.2, 0.25) is 0 Å². The van der Waals surface area contributed by atoms with Gasteiger partial charge in [0.25, 0.3) is 5.91 Å². The van der Waals surface area contributed by atoms with E-state index < -0.39 is 15.9 Å². The molecule has 0 aliphatic rings. The second kappa shape index (κ2) is 8.99. The van der Waals surface area contributed by atoms with Gasteiger partial charge in [0.2, 0.25) is 15.9 Å². The van der Waals surface area contributed by atoms with Crippen LogP contribution in [0.25, 0.3) is 0 Å². The van der Waals surface area contributed by atoms with Gasteiger partial charge in [-0.25, -0.2) is 13.1 Å². The van der Waals surface area contributed by atoms with Crippen molar-refractivity contribution in [1.29, 1.82) is 0 Å². The zero-order valence-corrected chi connectivity index (χ0v) is 17.2. The molecule has 0 fully saturated rings. The van der Waals surface area contributed by atoms with E-state index in [9.17, 15) is 18.0 Å². The van der Waals surface area contributed by atoms with Crippen LogP contribution in [0.5, 0.6) is 0 Å². The Kier molecular flexibility index (Phi) is 6.93. The molecule has 150 valence electrons. The van der Waals surface area contributed by atoms with Crippen LogP contribution in [0, 0.1) is 13.8 Å². The molecular formula is C20H25N3O4S. The van der Waals surface area contributed by atoms with Gasteiger partial charge >= 0.3 is 0 Å². The maximum Gasteiger partial charge on any atom is 0.251 e. The highest BCUT2D eigenvalue weighted by atomic mass is 32.2. The summed E-state index contributed by atoms with van der Waals surface area (Å²) >= 11 is 0. The summed E-state index contributed by atoms with van der Waals surface area (Å²) in [6.07, 6.45) is 0. The summed E-state index contributed by atoms with van der Waals surface area (Å²) in [5.41, 5.74) is 3.11. The highest BCUT2D eigenvalue weighted by Crippen LogP contribution is 2.14. The highest BCUT2D eigenvalue weighted by Gasteiger charge is 2.16. The molecule has 0 heterocycles. The quantitative estimate of drug-likeness (QED) is 0.660. The third-order valence-corrected chi connectivity index (χ3v) is 5.69. The monoisotopic (exact) mass is 403 g/mol. The van der Waals surface area contributed by atoms with Crippen molar-refractivity contribution in [1.82, 2.24) is 10.0 Å². The molecule has 8 heteroatoms. The average Bonchev–Trinajstić information content (AvgIpc) is 2.62. The van der Waals surface area contributed by atoms with Gasteiger partial charge < -0.3 is 10.6 Å². The molecule has 0 bridgehead atoms. The van der Waals surface area contributed by atoms with Crippen LogP contribution >= 0.6 is 0 Å². The third-order valence-electron chi connectivity index (χ3n) is 4.02. The normalized spacial score (nSPS) is 11.3. The highest BCUT2D eigenvalue weighted by molar-refractivity contribution is 7.89. The average molecular weight is 404 g/mol. The van der Waals surface area contributed by atoms with Crippen molar-refractivity contribution in [3.8, 4) is 0 Å². The minimum absolute atomic E-state index is 0.0743. The summed E-state index contributed by atoms with van der Waals surface area (Å²) < 4.78 is 26.7. The molecule has 28 heavy (non-hydrogen) atoms. The number of benzene rings is 2. The van der Waals surface area contributed by atoms with E-state index in [1.807, 2.05) is 26.0 Å². The number of nitrogens with one attached hydrogen (secondary N) is 3. The Labute approximate surface area is 165 Å². The lowest BCUT2D eigenvalue weighted by molar-refractivity contribution is -0.115. The first-order valence-electron chi connectivity index (χ1n) is 8.86. The molecule has 0 unspecified atom stereocenters. The summed E-state index contributed by atoms with van der Waals surface area (Å²) in [5.74, 6) is -0.812. The van der Waals surface area contributed by atoms with E-state index in [1.165, 1.54) is 24.3 Å². The lowest BCUT2D eigenvalue weighted by Gasteiger charge is -2.10. The van der Waals surface area contributed by atoms with Crippen LogP contribution in [0.1, 0.15) is 35.3 Å². The summed E-state index contributed by atoms with van der Waals surface area (Å²) in [5, 5.41) is 5.24. The maximum atomic E-state index is 12.2. The molecule has 0 atom stereocenters. The Morgan fingerprint density at radius 2 is 1.61 bits per heavy atom. The van der Waals surface area contributed by atoms with Gasteiger partial charge in [0.05, 0.1) is 11.4 Å². The fraction of sp³-hybridized carbons (Fsp3) is 0.300. The van der Waals surface area contributed by atoms with Gasteiger partial charge in [0.15, 0.2) is 0 Å². The predicted octanol–water partition coefficient (Wildman–Crippen LogP) is 2.36. The van der Waals surface area contributed by atoms with Gasteiger partial charge in [0, 0.05) is 17.3 Å². The molecule has 0 saturated heterocycles. The van der Waals surface area contributed by atoms with Crippen LogP contribution in [0.3, 0.4) is 0 Å². The number of rotatable bonds is 7. The second-order valence-corrected chi connectivity index (χ2v) is 8.54. The second-order valence-electron chi connectivity index (χ2n) is 6.83. The van der Waals surface area contributed by atoms with Crippen molar-refractivity contribution in [3.05, 3.63) is 59.2 Å². The Balaban J connectivity index is 1.93. The molecule has 0 aliphatic carbocycles. The summed E-state index contributed by atoms with van der Waals surface area (Å²) in [4.78, 5) is 24.3. The lowest BCUT2D eigenvalue weighted by atomic mass is 10.1. The molecule has 2 aromatic carbocycles. The molecule has 3 N–H and O–H groups in total. The van der Waals surface area contributed by atoms with Gasteiger partial charge in [-0.15, -0.1) is 0 Å². The number of carbonyl (C=O) groups is 2. The van der Waals surface area contributed by atoms with Gasteiger partial charge in [0.1, 0.15) is 0 Å². The Bertz CT molecular complexity index is 967. The molecule has 2 aromatic rings. The minimum atomic E-state index is -3.61. The summed E-state index contributed by atoms with van der Waals surface area (Å²) in [6.45, 7) is 7.19. The van der Waals surface area contributed by atoms with Gasteiger partial charge in [-0.1, -0.05) is 6.07 Å².